The minimum atomic E-state index is -4.44. The number of alkyl halides is 3. The fourth-order valence-corrected chi connectivity index (χ4v) is 3.20. The maximum atomic E-state index is 13.0. The number of amides is 2. The standard InChI is InChI=1S/C17H22F3N3O2/c18-17(19,20)13-6-4-5-12(9-13)16(7-2-1-3-8-16)23-15(25)11-22-14(24)10-21/h4-6,9H,1-3,7-8,10-11,21H2,(H,22,24)(H,23,25). The maximum absolute atomic E-state index is 13.0. The number of rotatable bonds is 5. The second-order valence-electron chi connectivity index (χ2n) is 6.25. The summed E-state index contributed by atoms with van der Waals surface area (Å²) in [4.78, 5) is 23.4. The van der Waals surface area contributed by atoms with Gasteiger partial charge in [0.1, 0.15) is 0 Å². The molecule has 0 aromatic heterocycles. The molecule has 0 heterocycles. The number of carbonyl (C=O) groups is 2. The van der Waals surface area contributed by atoms with Crippen molar-refractivity contribution in [2.75, 3.05) is 13.1 Å². The van der Waals surface area contributed by atoms with E-state index in [9.17, 15) is 22.8 Å². The molecule has 0 atom stereocenters. The number of nitrogens with one attached hydrogen (secondary N) is 2. The third kappa shape index (κ3) is 4.94. The molecular weight excluding hydrogens is 335 g/mol. The monoisotopic (exact) mass is 357 g/mol. The Bertz CT molecular complexity index is 626. The summed E-state index contributed by atoms with van der Waals surface area (Å²) in [6, 6.07) is 5.09. The number of nitrogens with two attached hydrogens (primary N) is 1. The van der Waals surface area contributed by atoms with Gasteiger partial charge in [0.25, 0.3) is 0 Å². The highest BCUT2D eigenvalue weighted by Gasteiger charge is 2.38. The lowest BCUT2D eigenvalue weighted by molar-refractivity contribution is -0.137. The quantitative estimate of drug-likeness (QED) is 0.754. The Morgan fingerprint density at radius 1 is 1.12 bits per heavy atom. The molecule has 0 spiro atoms. The van der Waals surface area contributed by atoms with E-state index in [1.807, 2.05) is 0 Å². The molecule has 5 nitrogen and oxygen atoms in total. The molecular formula is C17H22F3N3O2. The summed E-state index contributed by atoms with van der Waals surface area (Å²) < 4.78 is 39.1. The molecule has 1 saturated carbocycles. The average molecular weight is 357 g/mol. The second kappa shape index (κ2) is 7.86. The summed E-state index contributed by atoms with van der Waals surface area (Å²) in [5, 5.41) is 5.21. The first-order chi connectivity index (χ1) is 11.8. The van der Waals surface area contributed by atoms with E-state index in [0.29, 0.717) is 18.4 Å². The first-order valence-electron chi connectivity index (χ1n) is 8.22. The molecule has 2 amide bonds. The van der Waals surface area contributed by atoms with Gasteiger partial charge in [-0.2, -0.15) is 13.2 Å². The molecule has 0 bridgehead atoms. The molecule has 138 valence electrons. The Morgan fingerprint density at radius 2 is 1.80 bits per heavy atom. The highest BCUT2D eigenvalue weighted by molar-refractivity contribution is 5.85. The summed E-state index contributed by atoms with van der Waals surface area (Å²) in [5.41, 5.74) is 4.03. The SMILES string of the molecule is NCC(=O)NCC(=O)NC1(c2cccc(C(F)(F)F)c2)CCCCC1. The van der Waals surface area contributed by atoms with Crippen LogP contribution in [0, 0.1) is 0 Å². The van der Waals surface area contributed by atoms with Crippen LogP contribution in [0.2, 0.25) is 0 Å². The molecule has 0 radical (unpaired) electrons. The van der Waals surface area contributed by atoms with Gasteiger partial charge < -0.3 is 16.4 Å². The predicted octanol–water partition coefficient (Wildman–Crippen LogP) is 2.06. The summed E-state index contributed by atoms with van der Waals surface area (Å²) >= 11 is 0. The van der Waals surface area contributed by atoms with Crippen LogP contribution in [0.1, 0.15) is 43.2 Å². The van der Waals surface area contributed by atoms with E-state index in [1.165, 1.54) is 6.07 Å². The smallest absolute Gasteiger partial charge is 0.346 e. The topological polar surface area (TPSA) is 84.2 Å². The molecule has 0 unspecified atom stereocenters. The Kier molecular flexibility index (Phi) is 6.05. The number of benzene rings is 1. The van der Waals surface area contributed by atoms with Crippen molar-refractivity contribution in [2.24, 2.45) is 5.73 Å². The lowest BCUT2D eigenvalue weighted by Crippen LogP contribution is -2.50. The van der Waals surface area contributed by atoms with E-state index in [-0.39, 0.29) is 13.1 Å². The molecule has 1 aromatic carbocycles. The number of halogens is 3. The van der Waals surface area contributed by atoms with E-state index < -0.39 is 29.1 Å². The van der Waals surface area contributed by atoms with Gasteiger partial charge in [-0.05, 0) is 30.5 Å². The van der Waals surface area contributed by atoms with E-state index in [2.05, 4.69) is 10.6 Å². The molecule has 0 saturated heterocycles. The molecule has 1 aromatic rings. The minimum Gasteiger partial charge on any atom is -0.346 e. The fraction of sp³-hybridized carbons (Fsp3) is 0.529. The Labute approximate surface area is 144 Å². The van der Waals surface area contributed by atoms with Crippen molar-refractivity contribution < 1.29 is 22.8 Å². The van der Waals surface area contributed by atoms with Gasteiger partial charge in [-0.25, -0.2) is 0 Å². The lowest BCUT2D eigenvalue weighted by Gasteiger charge is -2.39. The lowest BCUT2D eigenvalue weighted by atomic mass is 9.76. The summed E-state index contributed by atoms with van der Waals surface area (Å²) in [7, 11) is 0. The Morgan fingerprint density at radius 3 is 2.40 bits per heavy atom. The molecule has 25 heavy (non-hydrogen) atoms. The zero-order valence-electron chi connectivity index (χ0n) is 13.8. The van der Waals surface area contributed by atoms with Crippen LogP contribution in [0.15, 0.2) is 24.3 Å². The van der Waals surface area contributed by atoms with Crippen LogP contribution in [-0.4, -0.2) is 24.9 Å². The number of carbonyl (C=O) groups excluding carboxylic acids is 2. The van der Waals surface area contributed by atoms with Crippen LogP contribution in [0.3, 0.4) is 0 Å². The fourth-order valence-electron chi connectivity index (χ4n) is 3.20. The van der Waals surface area contributed by atoms with E-state index >= 15 is 0 Å². The van der Waals surface area contributed by atoms with Crippen LogP contribution in [-0.2, 0) is 21.3 Å². The zero-order valence-corrected chi connectivity index (χ0v) is 13.8. The van der Waals surface area contributed by atoms with Crippen molar-refractivity contribution in [3.05, 3.63) is 35.4 Å². The first kappa shape index (κ1) is 19.2. The second-order valence-corrected chi connectivity index (χ2v) is 6.25. The van der Waals surface area contributed by atoms with Gasteiger partial charge in [-0.1, -0.05) is 31.4 Å². The number of hydrogen-bond donors (Lipinski definition) is 3. The van der Waals surface area contributed by atoms with Crippen molar-refractivity contribution in [2.45, 2.75) is 43.8 Å². The summed E-state index contributed by atoms with van der Waals surface area (Å²) in [6.07, 6.45) is -0.724. The Hall–Kier alpha value is -2.09. The summed E-state index contributed by atoms with van der Waals surface area (Å²) in [5.74, 6) is -0.909. The largest absolute Gasteiger partial charge is 0.416 e. The van der Waals surface area contributed by atoms with Crippen LogP contribution in [0.25, 0.3) is 0 Å². The molecule has 1 aliphatic rings. The molecule has 4 N–H and O–H groups in total. The third-order valence-corrected chi connectivity index (χ3v) is 4.46. The summed E-state index contributed by atoms with van der Waals surface area (Å²) in [6.45, 7) is -0.483. The van der Waals surface area contributed by atoms with Crippen molar-refractivity contribution in [1.29, 1.82) is 0 Å². The van der Waals surface area contributed by atoms with Crippen LogP contribution >= 0.6 is 0 Å². The van der Waals surface area contributed by atoms with Crippen LogP contribution in [0.4, 0.5) is 13.2 Å². The number of hydrogen-bond acceptors (Lipinski definition) is 3. The van der Waals surface area contributed by atoms with Crippen molar-refractivity contribution in [3.63, 3.8) is 0 Å². The highest BCUT2D eigenvalue weighted by atomic mass is 19.4. The van der Waals surface area contributed by atoms with Gasteiger partial charge in [0, 0.05) is 0 Å². The van der Waals surface area contributed by atoms with E-state index in [0.717, 1.165) is 31.4 Å². The van der Waals surface area contributed by atoms with Crippen molar-refractivity contribution >= 4 is 11.8 Å². The van der Waals surface area contributed by atoms with Crippen LogP contribution < -0.4 is 16.4 Å². The first-order valence-corrected chi connectivity index (χ1v) is 8.22. The molecule has 8 heteroatoms. The molecule has 1 fully saturated rings. The van der Waals surface area contributed by atoms with Gasteiger partial charge in [0.15, 0.2) is 0 Å². The maximum Gasteiger partial charge on any atom is 0.416 e. The highest BCUT2D eigenvalue weighted by Crippen LogP contribution is 2.39. The zero-order chi connectivity index (χ0) is 18.5. The van der Waals surface area contributed by atoms with Gasteiger partial charge in [-0.3, -0.25) is 9.59 Å². The van der Waals surface area contributed by atoms with E-state index in [1.54, 1.807) is 6.07 Å². The predicted molar refractivity (Wildman–Crippen MR) is 86.4 cm³/mol. The molecule has 0 aliphatic heterocycles. The Balaban J connectivity index is 2.23. The van der Waals surface area contributed by atoms with Gasteiger partial charge in [0.2, 0.25) is 11.8 Å². The van der Waals surface area contributed by atoms with E-state index in [4.69, 9.17) is 5.73 Å². The third-order valence-electron chi connectivity index (χ3n) is 4.46. The van der Waals surface area contributed by atoms with Gasteiger partial charge in [0.05, 0.1) is 24.2 Å². The van der Waals surface area contributed by atoms with Crippen molar-refractivity contribution in [3.8, 4) is 0 Å². The normalized spacial score (nSPS) is 17.0. The molecule has 1 aliphatic carbocycles. The average Bonchev–Trinajstić information content (AvgIpc) is 2.60. The van der Waals surface area contributed by atoms with Gasteiger partial charge >= 0.3 is 6.18 Å². The van der Waals surface area contributed by atoms with Gasteiger partial charge in [-0.15, -0.1) is 0 Å². The minimum absolute atomic E-state index is 0.230. The van der Waals surface area contributed by atoms with Crippen molar-refractivity contribution in [1.82, 2.24) is 10.6 Å². The molecule has 2 rings (SSSR count). The van der Waals surface area contributed by atoms with Crippen LogP contribution in [0.5, 0.6) is 0 Å².